The Hall–Kier alpha value is -1.32. The lowest BCUT2D eigenvalue weighted by Gasteiger charge is -2.21. The molecule has 0 aliphatic rings. The number of nitrogens with two attached hydrogens (primary N) is 1. The molecular weight excluding hydrogens is 176 g/mol. The molecule has 14 heavy (non-hydrogen) atoms. The fraction of sp³-hybridized carbons (Fsp3) is 0.600. The first-order chi connectivity index (χ1) is 6.63. The summed E-state index contributed by atoms with van der Waals surface area (Å²) in [6, 6.07) is 2.27. The van der Waals surface area contributed by atoms with E-state index in [9.17, 15) is 0 Å². The van der Waals surface area contributed by atoms with Crippen molar-refractivity contribution in [2.24, 2.45) is 5.92 Å². The largest absolute Gasteiger partial charge is 0.368 e. The molecule has 0 aliphatic heterocycles. The fourth-order valence-corrected chi connectivity index (χ4v) is 1.38. The number of anilines is 2. The Kier molecular flexibility index (Phi) is 3.68. The van der Waals surface area contributed by atoms with Crippen LogP contribution in [-0.2, 0) is 0 Å². The molecule has 4 nitrogen and oxygen atoms in total. The second-order valence-corrected chi connectivity index (χ2v) is 3.70. The van der Waals surface area contributed by atoms with Crippen LogP contribution in [0.3, 0.4) is 0 Å². The first kappa shape index (κ1) is 10.8. The van der Waals surface area contributed by atoms with Crippen LogP contribution in [0.1, 0.15) is 27.2 Å². The molecule has 0 saturated carbocycles. The van der Waals surface area contributed by atoms with Crippen LogP contribution in [0.5, 0.6) is 0 Å². The molecule has 1 atom stereocenters. The molecule has 0 aliphatic carbocycles. The van der Waals surface area contributed by atoms with Crippen LogP contribution in [0.15, 0.2) is 12.3 Å². The molecule has 0 spiro atoms. The van der Waals surface area contributed by atoms with Gasteiger partial charge in [-0.15, -0.1) is 0 Å². The highest BCUT2D eigenvalue weighted by Gasteiger charge is 2.10. The number of nitrogens with one attached hydrogen (secondary N) is 1. The third-order valence-corrected chi connectivity index (χ3v) is 2.25. The Bertz CT molecular complexity index is 285. The van der Waals surface area contributed by atoms with Gasteiger partial charge >= 0.3 is 0 Å². The third kappa shape index (κ3) is 2.87. The molecule has 3 N–H and O–H groups in total. The zero-order valence-corrected chi connectivity index (χ0v) is 8.99. The van der Waals surface area contributed by atoms with Crippen LogP contribution in [0.25, 0.3) is 0 Å². The zero-order chi connectivity index (χ0) is 10.6. The van der Waals surface area contributed by atoms with E-state index in [1.54, 1.807) is 6.20 Å². The average molecular weight is 194 g/mol. The minimum Gasteiger partial charge on any atom is -0.368 e. The molecule has 1 aromatic heterocycles. The molecule has 78 valence electrons. The van der Waals surface area contributed by atoms with Crippen molar-refractivity contribution in [1.82, 2.24) is 9.97 Å². The Morgan fingerprint density at radius 3 is 2.71 bits per heavy atom. The maximum absolute atomic E-state index is 5.49. The topological polar surface area (TPSA) is 63.8 Å². The summed E-state index contributed by atoms with van der Waals surface area (Å²) in [5.41, 5.74) is 5.49. The molecule has 0 bridgehead atoms. The summed E-state index contributed by atoms with van der Waals surface area (Å²) >= 11 is 0. The first-order valence-electron chi connectivity index (χ1n) is 4.98. The minimum absolute atomic E-state index is 0.314. The van der Waals surface area contributed by atoms with Gasteiger partial charge in [0.2, 0.25) is 5.95 Å². The van der Waals surface area contributed by atoms with Gasteiger partial charge in [0, 0.05) is 12.2 Å². The third-order valence-electron chi connectivity index (χ3n) is 2.25. The summed E-state index contributed by atoms with van der Waals surface area (Å²) in [7, 11) is 0. The molecular formula is C10H18N4. The predicted molar refractivity (Wildman–Crippen MR) is 59.0 cm³/mol. The second kappa shape index (κ2) is 4.79. The number of nitrogen functional groups attached to an aromatic ring is 1. The summed E-state index contributed by atoms with van der Waals surface area (Å²) in [4.78, 5) is 7.94. The molecule has 4 heteroatoms. The van der Waals surface area contributed by atoms with Crippen LogP contribution < -0.4 is 11.1 Å². The maximum atomic E-state index is 5.49. The van der Waals surface area contributed by atoms with Crippen LogP contribution in [-0.4, -0.2) is 16.0 Å². The average Bonchev–Trinajstić information content (AvgIpc) is 2.14. The summed E-state index contributed by atoms with van der Waals surface area (Å²) in [5.74, 6) is 1.70. The number of aromatic nitrogens is 2. The highest BCUT2D eigenvalue weighted by molar-refractivity contribution is 5.38. The molecule has 0 saturated heterocycles. The van der Waals surface area contributed by atoms with E-state index in [1.165, 1.54) is 0 Å². The van der Waals surface area contributed by atoms with Crippen molar-refractivity contribution in [2.45, 2.75) is 33.2 Å². The van der Waals surface area contributed by atoms with Gasteiger partial charge in [0.25, 0.3) is 0 Å². The maximum Gasteiger partial charge on any atom is 0.221 e. The highest BCUT2D eigenvalue weighted by atomic mass is 15.1. The number of hydrogen-bond acceptors (Lipinski definition) is 4. The zero-order valence-electron chi connectivity index (χ0n) is 8.99. The van der Waals surface area contributed by atoms with Gasteiger partial charge in [-0.2, -0.15) is 4.98 Å². The van der Waals surface area contributed by atoms with Crippen molar-refractivity contribution >= 4 is 11.8 Å². The lowest BCUT2D eigenvalue weighted by atomic mass is 10.0. The normalized spacial score (nSPS) is 12.9. The van der Waals surface area contributed by atoms with E-state index in [2.05, 4.69) is 36.1 Å². The second-order valence-electron chi connectivity index (χ2n) is 3.70. The Balaban J connectivity index is 2.67. The van der Waals surface area contributed by atoms with Gasteiger partial charge in [0.05, 0.1) is 0 Å². The molecule has 0 aromatic carbocycles. The van der Waals surface area contributed by atoms with Gasteiger partial charge < -0.3 is 11.1 Å². The SMILES string of the molecule is CCC(Nc1ccnc(N)n1)C(C)C. The van der Waals surface area contributed by atoms with Crippen LogP contribution in [0.4, 0.5) is 11.8 Å². The standard InChI is InChI=1S/C10H18N4/c1-4-8(7(2)3)13-9-5-6-12-10(11)14-9/h5-8H,4H2,1-3H3,(H3,11,12,13,14). The fourth-order valence-electron chi connectivity index (χ4n) is 1.38. The van der Waals surface area contributed by atoms with E-state index >= 15 is 0 Å². The summed E-state index contributed by atoms with van der Waals surface area (Å²) in [5, 5.41) is 3.34. The smallest absolute Gasteiger partial charge is 0.221 e. The molecule has 0 amide bonds. The molecule has 1 unspecified atom stereocenters. The first-order valence-corrected chi connectivity index (χ1v) is 4.98. The van der Waals surface area contributed by atoms with Crippen LogP contribution in [0.2, 0.25) is 0 Å². The van der Waals surface area contributed by atoms with Crippen molar-refractivity contribution in [1.29, 1.82) is 0 Å². The van der Waals surface area contributed by atoms with Gasteiger partial charge in [-0.25, -0.2) is 4.98 Å². The number of nitrogens with zero attached hydrogens (tertiary/aromatic N) is 2. The van der Waals surface area contributed by atoms with E-state index in [0.717, 1.165) is 12.2 Å². The monoisotopic (exact) mass is 194 g/mol. The Morgan fingerprint density at radius 2 is 2.21 bits per heavy atom. The Morgan fingerprint density at radius 1 is 1.50 bits per heavy atom. The van der Waals surface area contributed by atoms with E-state index in [0.29, 0.717) is 17.9 Å². The van der Waals surface area contributed by atoms with Crippen molar-refractivity contribution in [2.75, 3.05) is 11.1 Å². The summed E-state index contributed by atoms with van der Waals surface area (Å²) < 4.78 is 0. The molecule has 0 radical (unpaired) electrons. The molecule has 0 fully saturated rings. The highest BCUT2D eigenvalue weighted by Crippen LogP contribution is 2.12. The van der Waals surface area contributed by atoms with Gasteiger partial charge in [0.15, 0.2) is 0 Å². The minimum atomic E-state index is 0.314. The van der Waals surface area contributed by atoms with E-state index in [1.807, 2.05) is 6.07 Å². The van der Waals surface area contributed by atoms with Crippen LogP contribution in [0, 0.1) is 5.92 Å². The van der Waals surface area contributed by atoms with Gasteiger partial charge in [-0.3, -0.25) is 0 Å². The van der Waals surface area contributed by atoms with Crippen molar-refractivity contribution in [3.8, 4) is 0 Å². The summed E-state index contributed by atoms with van der Waals surface area (Å²) in [6.07, 6.45) is 2.74. The van der Waals surface area contributed by atoms with Crippen molar-refractivity contribution in [3.63, 3.8) is 0 Å². The Labute approximate surface area is 85.0 Å². The van der Waals surface area contributed by atoms with E-state index in [-0.39, 0.29) is 0 Å². The lowest BCUT2D eigenvalue weighted by molar-refractivity contribution is 0.510. The number of rotatable bonds is 4. The van der Waals surface area contributed by atoms with Gasteiger partial charge in [-0.05, 0) is 18.4 Å². The lowest BCUT2D eigenvalue weighted by Crippen LogP contribution is -2.25. The van der Waals surface area contributed by atoms with E-state index in [4.69, 9.17) is 5.73 Å². The van der Waals surface area contributed by atoms with Crippen LogP contribution >= 0.6 is 0 Å². The molecule has 1 heterocycles. The van der Waals surface area contributed by atoms with Gasteiger partial charge in [0.1, 0.15) is 5.82 Å². The number of hydrogen-bond donors (Lipinski definition) is 2. The van der Waals surface area contributed by atoms with Crippen molar-refractivity contribution < 1.29 is 0 Å². The quantitative estimate of drug-likeness (QED) is 0.768. The predicted octanol–water partition coefficient (Wildman–Crippen LogP) is 1.91. The molecule has 1 aromatic rings. The molecule has 1 rings (SSSR count). The van der Waals surface area contributed by atoms with Crippen molar-refractivity contribution in [3.05, 3.63) is 12.3 Å². The summed E-state index contributed by atoms with van der Waals surface area (Å²) in [6.45, 7) is 6.53. The van der Waals surface area contributed by atoms with E-state index < -0.39 is 0 Å². The van der Waals surface area contributed by atoms with Gasteiger partial charge in [-0.1, -0.05) is 20.8 Å².